The third kappa shape index (κ3) is 7.17. The van der Waals surface area contributed by atoms with Crippen molar-refractivity contribution >= 4 is 43.6 Å². The van der Waals surface area contributed by atoms with Crippen molar-refractivity contribution in [3.8, 4) is 97.5 Å². The highest BCUT2D eigenvalue weighted by Crippen LogP contribution is 2.43. The molecule has 0 aliphatic heterocycles. The SMILES string of the molecule is N#Cc1ccc(-c2ccc3c(c2)c2cc(-c4ccc(C#N)cc4)ccc2n3-c2cc(-c3ccccc3C#N)c(-n3c4ccc(-c5ccc(C#N)cc5)cc4c4cc(-c5ccc(C#N)cc5)ccc43)cn2)cc1. The molecule has 12 aromatic rings. The van der Waals surface area contributed by atoms with E-state index in [1.165, 1.54) is 0 Å². The van der Waals surface area contributed by atoms with Crippen LogP contribution in [0.1, 0.15) is 27.8 Å². The number of benzene rings is 9. The van der Waals surface area contributed by atoms with Gasteiger partial charge in [0.05, 0.1) is 92.1 Å². The van der Waals surface area contributed by atoms with Crippen molar-refractivity contribution in [2.45, 2.75) is 0 Å². The first kappa shape index (κ1) is 42.5. The van der Waals surface area contributed by atoms with Crippen molar-refractivity contribution in [1.82, 2.24) is 14.1 Å². The molecular weight excluding hydrogens is 881 g/mol. The number of fused-ring (bicyclic) bond motifs is 6. The Balaban J connectivity index is 1.11. The van der Waals surface area contributed by atoms with Gasteiger partial charge < -0.3 is 4.57 Å². The van der Waals surface area contributed by atoms with E-state index in [0.29, 0.717) is 33.6 Å². The van der Waals surface area contributed by atoms with Crippen molar-refractivity contribution in [3.63, 3.8) is 0 Å². The zero-order valence-electron chi connectivity index (χ0n) is 38.2. The number of hydrogen-bond donors (Lipinski definition) is 0. The van der Waals surface area contributed by atoms with Crippen LogP contribution in [0.5, 0.6) is 0 Å². The van der Waals surface area contributed by atoms with Gasteiger partial charge >= 0.3 is 0 Å². The van der Waals surface area contributed by atoms with Crippen LogP contribution < -0.4 is 0 Å². The Morgan fingerprint density at radius 2 is 0.639 bits per heavy atom. The molecule has 9 aromatic carbocycles. The first-order chi connectivity index (χ1) is 35.4. The molecule has 0 saturated carbocycles. The molecule has 0 unspecified atom stereocenters. The second-order valence-corrected chi connectivity index (χ2v) is 17.6. The van der Waals surface area contributed by atoms with Gasteiger partial charge in [-0.05, 0) is 154 Å². The van der Waals surface area contributed by atoms with Gasteiger partial charge in [-0.2, -0.15) is 26.3 Å². The quantitative estimate of drug-likeness (QED) is 0.156. The molecule has 0 spiro atoms. The van der Waals surface area contributed by atoms with E-state index in [1.54, 1.807) is 0 Å². The minimum atomic E-state index is 0.518. The van der Waals surface area contributed by atoms with Crippen LogP contribution >= 0.6 is 0 Å². The third-order valence-corrected chi connectivity index (χ3v) is 13.6. The number of pyridine rings is 1. The Hall–Kier alpha value is -10.8. The second kappa shape index (κ2) is 17.4. The van der Waals surface area contributed by atoms with Gasteiger partial charge in [-0.25, -0.2) is 4.98 Å². The van der Waals surface area contributed by atoms with Crippen molar-refractivity contribution < 1.29 is 0 Å². The summed E-state index contributed by atoms with van der Waals surface area (Å²) in [7, 11) is 0. The van der Waals surface area contributed by atoms with Gasteiger partial charge in [0.2, 0.25) is 0 Å². The van der Waals surface area contributed by atoms with Crippen LogP contribution in [-0.2, 0) is 0 Å². The van der Waals surface area contributed by atoms with E-state index in [0.717, 1.165) is 105 Å². The molecule has 0 saturated heterocycles. The minimum Gasteiger partial charge on any atom is -0.307 e. The smallest absolute Gasteiger partial charge is 0.138 e. The molecule has 3 heterocycles. The minimum absolute atomic E-state index is 0.518. The lowest BCUT2D eigenvalue weighted by Crippen LogP contribution is -2.04. The molecule has 12 rings (SSSR count). The lowest BCUT2D eigenvalue weighted by molar-refractivity contribution is 1.06. The van der Waals surface area contributed by atoms with Gasteiger partial charge in [-0.1, -0.05) is 91.0 Å². The standard InChI is InChI=1S/C64H34N8/c65-34-40-5-13-44(14-6-40)48-21-25-59-54(29-48)55-30-49(45-15-7-41(35-66)8-16-45)22-26-60(55)71(59)63-39-70-64(33-58(63)53-4-2-1-3-52(53)38-69)72-61-27-23-50(46-17-9-42(36-67)10-18-46)31-56(61)57-32-51(24-28-62(57)72)47-19-11-43(37-68)12-20-47/h1-33,39H. The van der Waals surface area contributed by atoms with E-state index in [9.17, 15) is 26.3 Å². The van der Waals surface area contributed by atoms with Gasteiger partial charge in [0.15, 0.2) is 0 Å². The summed E-state index contributed by atoms with van der Waals surface area (Å²) in [4.78, 5) is 5.34. The highest BCUT2D eigenvalue weighted by Gasteiger charge is 2.22. The molecule has 8 heteroatoms. The first-order valence-electron chi connectivity index (χ1n) is 23.1. The van der Waals surface area contributed by atoms with Crippen molar-refractivity contribution in [2.24, 2.45) is 0 Å². The number of aromatic nitrogens is 3. The second-order valence-electron chi connectivity index (χ2n) is 17.6. The average molecular weight is 915 g/mol. The number of nitriles is 5. The fraction of sp³-hybridized carbons (Fsp3) is 0. The molecule has 0 bridgehead atoms. The van der Waals surface area contributed by atoms with E-state index in [4.69, 9.17) is 4.98 Å². The molecule has 0 atom stereocenters. The summed E-state index contributed by atoms with van der Waals surface area (Å²) in [5, 5.41) is 52.8. The van der Waals surface area contributed by atoms with E-state index in [2.05, 4.69) is 118 Å². The highest BCUT2D eigenvalue weighted by atomic mass is 15.1. The van der Waals surface area contributed by atoms with Crippen LogP contribution in [0.15, 0.2) is 206 Å². The van der Waals surface area contributed by atoms with Gasteiger partial charge in [0.1, 0.15) is 5.82 Å². The van der Waals surface area contributed by atoms with E-state index in [1.807, 2.05) is 128 Å². The molecule has 330 valence electrons. The summed E-state index contributed by atoms with van der Waals surface area (Å²) in [6, 6.07) is 77.2. The molecule has 0 aliphatic carbocycles. The van der Waals surface area contributed by atoms with Gasteiger partial charge in [-0.15, -0.1) is 0 Å². The lowest BCUT2D eigenvalue weighted by atomic mass is 9.99. The maximum absolute atomic E-state index is 10.7. The summed E-state index contributed by atoms with van der Waals surface area (Å²) >= 11 is 0. The van der Waals surface area contributed by atoms with Gasteiger partial charge in [0.25, 0.3) is 0 Å². The summed E-state index contributed by atoms with van der Waals surface area (Å²) in [5.41, 5.74) is 16.9. The Morgan fingerprint density at radius 1 is 0.306 bits per heavy atom. The van der Waals surface area contributed by atoms with E-state index in [-0.39, 0.29) is 0 Å². The molecule has 72 heavy (non-hydrogen) atoms. The van der Waals surface area contributed by atoms with Gasteiger partial charge in [0, 0.05) is 32.7 Å². The summed E-state index contributed by atoms with van der Waals surface area (Å²) in [6.45, 7) is 0. The van der Waals surface area contributed by atoms with Crippen LogP contribution in [0, 0.1) is 56.7 Å². The summed E-state index contributed by atoms with van der Waals surface area (Å²) < 4.78 is 4.41. The van der Waals surface area contributed by atoms with E-state index < -0.39 is 0 Å². The average Bonchev–Trinajstić information content (AvgIpc) is 3.96. The Labute approximate surface area is 413 Å². The zero-order valence-corrected chi connectivity index (χ0v) is 38.2. The molecule has 0 fully saturated rings. The van der Waals surface area contributed by atoms with Crippen LogP contribution in [0.25, 0.3) is 111 Å². The Kier molecular flexibility index (Phi) is 10.3. The largest absolute Gasteiger partial charge is 0.307 e. The number of nitrogens with zero attached hydrogens (tertiary/aromatic N) is 8. The molecule has 0 radical (unpaired) electrons. The third-order valence-electron chi connectivity index (χ3n) is 13.6. The van der Waals surface area contributed by atoms with Crippen LogP contribution in [-0.4, -0.2) is 14.1 Å². The monoisotopic (exact) mass is 914 g/mol. The predicted octanol–water partition coefficient (Wildman–Crippen LogP) is 15.0. The zero-order chi connectivity index (χ0) is 48.9. The van der Waals surface area contributed by atoms with Crippen molar-refractivity contribution in [3.05, 3.63) is 234 Å². The van der Waals surface area contributed by atoms with Crippen LogP contribution in [0.2, 0.25) is 0 Å². The van der Waals surface area contributed by atoms with E-state index >= 15 is 0 Å². The van der Waals surface area contributed by atoms with Crippen LogP contribution in [0.4, 0.5) is 0 Å². The highest BCUT2D eigenvalue weighted by molar-refractivity contribution is 6.13. The first-order valence-corrected chi connectivity index (χ1v) is 23.1. The summed E-state index contributed by atoms with van der Waals surface area (Å²) in [6.07, 6.45) is 1.91. The maximum atomic E-state index is 10.7. The topological polar surface area (TPSA) is 142 Å². The normalized spacial score (nSPS) is 11.0. The molecule has 8 nitrogen and oxygen atoms in total. The molecule has 0 N–H and O–H groups in total. The number of hydrogen-bond acceptors (Lipinski definition) is 6. The van der Waals surface area contributed by atoms with Crippen molar-refractivity contribution in [1.29, 1.82) is 26.3 Å². The lowest BCUT2D eigenvalue weighted by Gasteiger charge is -2.17. The number of rotatable bonds is 7. The van der Waals surface area contributed by atoms with Crippen LogP contribution in [0.3, 0.4) is 0 Å². The molecule has 0 amide bonds. The Morgan fingerprint density at radius 3 is 0.986 bits per heavy atom. The summed E-state index contributed by atoms with van der Waals surface area (Å²) in [5.74, 6) is 0.658. The van der Waals surface area contributed by atoms with Crippen molar-refractivity contribution in [2.75, 3.05) is 0 Å². The fourth-order valence-electron chi connectivity index (χ4n) is 9.99. The maximum Gasteiger partial charge on any atom is 0.138 e. The molecule has 3 aromatic heterocycles. The molecule has 0 aliphatic rings. The molecular formula is C64H34N8. The Bertz CT molecular complexity index is 4180. The fourth-order valence-corrected chi connectivity index (χ4v) is 9.99. The predicted molar refractivity (Wildman–Crippen MR) is 284 cm³/mol. The van der Waals surface area contributed by atoms with Gasteiger partial charge in [-0.3, -0.25) is 4.57 Å².